The molecule has 1 fully saturated rings. The number of nitrogens with zero attached hydrogens (tertiary/aromatic N) is 2. The van der Waals surface area contributed by atoms with Gasteiger partial charge in [-0.2, -0.15) is 13.2 Å². The van der Waals surface area contributed by atoms with Crippen molar-refractivity contribution < 1.29 is 13.2 Å². The summed E-state index contributed by atoms with van der Waals surface area (Å²) in [6, 6.07) is 13.6. The van der Waals surface area contributed by atoms with E-state index < -0.39 is 11.7 Å². The Labute approximate surface area is 194 Å². The van der Waals surface area contributed by atoms with E-state index in [9.17, 15) is 13.2 Å². The summed E-state index contributed by atoms with van der Waals surface area (Å²) >= 11 is 6.09. The lowest BCUT2D eigenvalue weighted by Crippen LogP contribution is -2.32. The number of hydrogen-bond acceptors (Lipinski definition) is 4. The molecule has 0 radical (unpaired) electrons. The molecule has 0 amide bonds. The smallest absolute Gasteiger partial charge is 0.382 e. The highest BCUT2D eigenvalue weighted by Gasteiger charge is 2.31. The zero-order valence-electron chi connectivity index (χ0n) is 17.7. The van der Waals surface area contributed by atoms with Crippen LogP contribution in [0, 0.1) is 0 Å². The molecule has 5 rings (SSSR count). The maximum atomic E-state index is 13.2. The van der Waals surface area contributed by atoms with Crippen molar-refractivity contribution in [2.45, 2.75) is 43.9 Å². The Balaban J connectivity index is 1.27. The lowest BCUT2D eigenvalue weighted by atomic mass is 9.90. The van der Waals surface area contributed by atoms with Gasteiger partial charge >= 0.3 is 6.18 Å². The van der Waals surface area contributed by atoms with Gasteiger partial charge < -0.3 is 10.6 Å². The second-order valence-corrected chi connectivity index (χ2v) is 8.88. The SMILES string of the molecule is FC(F)(F)c1ccc2nccc(N[C@H]3CC[C@@H](Nc4ccnc5cc(Cl)ccc45)CC3)c2c1. The van der Waals surface area contributed by atoms with Crippen LogP contribution in [0.1, 0.15) is 31.2 Å². The van der Waals surface area contributed by atoms with Gasteiger partial charge in [0.15, 0.2) is 0 Å². The molecule has 4 nitrogen and oxygen atoms in total. The van der Waals surface area contributed by atoms with Crippen LogP contribution in [0.3, 0.4) is 0 Å². The number of anilines is 2. The summed E-state index contributed by atoms with van der Waals surface area (Å²) in [7, 11) is 0. The number of benzene rings is 2. The molecule has 8 heteroatoms. The number of fused-ring (bicyclic) bond motifs is 2. The fourth-order valence-corrected chi connectivity index (χ4v) is 4.68. The molecule has 2 aromatic heterocycles. The predicted molar refractivity (Wildman–Crippen MR) is 127 cm³/mol. The third-order valence-electron chi connectivity index (χ3n) is 6.22. The lowest BCUT2D eigenvalue weighted by Gasteiger charge is -2.31. The van der Waals surface area contributed by atoms with Crippen molar-refractivity contribution in [2.75, 3.05) is 10.6 Å². The van der Waals surface area contributed by atoms with Gasteiger partial charge in [0.2, 0.25) is 0 Å². The number of hydrogen-bond donors (Lipinski definition) is 2. The first-order chi connectivity index (χ1) is 15.9. The van der Waals surface area contributed by atoms with Crippen LogP contribution in [0.4, 0.5) is 24.5 Å². The van der Waals surface area contributed by atoms with Crippen LogP contribution in [-0.2, 0) is 6.18 Å². The van der Waals surface area contributed by atoms with Crippen molar-refractivity contribution >= 4 is 44.8 Å². The Kier molecular flexibility index (Phi) is 5.74. The molecule has 0 aliphatic heterocycles. The second kappa shape index (κ2) is 8.71. The molecular weight excluding hydrogens is 449 g/mol. The third kappa shape index (κ3) is 4.69. The van der Waals surface area contributed by atoms with Gasteiger partial charge in [-0.05, 0) is 74.2 Å². The van der Waals surface area contributed by atoms with Crippen molar-refractivity contribution in [1.82, 2.24) is 9.97 Å². The standard InChI is InChI=1S/C25H22ClF3N4/c26-16-2-7-19-22(9-12-31-24(19)14-16)32-17-3-5-18(6-4-17)33-23-10-11-30-21-8-1-15(13-20(21)23)25(27,28)29/h1-2,7-14,17-18H,3-6H2,(H,30,33)(H,31,32)/t17-,18+. The molecule has 2 heterocycles. The molecule has 1 aliphatic carbocycles. The number of pyridine rings is 2. The van der Waals surface area contributed by atoms with E-state index in [1.54, 1.807) is 18.5 Å². The molecule has 0 atom stereocenters. The van der Waals surface area contributed by atoms with Crippen molar-refractivity contribution in [1.29, 1.82) is 0 Å². The Morgan fingerprint density at radius 3 is 1.97 bits per heavy atom. The summed E-state index contributed by atoms with van der Waals surface area (Å²) in [6.07, 6.45) is 2.75. The molecule has 4 aromatic rings. The van der Waals surface area contributed by atoms with Crippen LogP contribution in [0.2, 0.25) is 5.02 Å². The molecule has 0 saturated heterocycles. The minimum Gasteiger partial charge on any atom is -0.382 e. The van der Waals surface area contributed by atoms with Crippen molar-refractivity contribution in [3.8, 4) is 0 Å². The zero-order chi connectivity index (χ0) is 23.0. The first kappa shape index (κ1) is 21.8. The van der Waals surface area contributed by atoms with Crippen molar-refractivity contribution in [2.24, 2.45) is 0 Å². The largest absolute Gasteiger partial charge is 0.416 e. The topological polar surface area (TPSA) is 49.8 Å². The third-order valence-corrected chi connectivity index (χ3v) is 6.46. The first-order valence-electron chi connectivity index (χ1n) is 10.9. The summed E-state index contributed by atoms with van der Waals surface area (Å²) in [5.74, 6) is 0. The fourth-order valence-electron chi connectivity index (χ4n) is 4.52. The molecule has 0 spiro atoms. The first-order valence-corrected chi connectivity index (χ1v) is 11.3. The second-order valence-electron chi connectivity index (χ2n) is 8.45. The van der Waals surface area contributed by atoms with Gasteiger partial charge in [0.1, 0.15) is 0 Å². The number of halogens is 4. The normalized spacial score (nSPS) is 19.0. The highest BCUT2D eigenvalue weighted by molar-refractivity contribution is 6.31. The van der Waals surface area contributed by atoms with Gasteiger partial charge in [0.25, 0.3) is 0 Å². The van der Waals surface area contributed by atoms with E-state index >= 15 is 0 Å². The van der Waals surface area contributed by atoms with Crippen LogP contribution >= 0.6 is 11.6 Å². The monoisotopic (exact) mass is 470 g/mol. The van der Waals surface area contributed by atoms with Crippen molar-refractivity contribution in [3.63, 3.8) is 0 Å². The van der Waals surface area contributed by atoms with E-state index in [2.05, 4.69) is 20.6 Å². The maximum absolute atomic E-state index is 13.2. The average molecular weight is 471 g/mol. The van der Waals surface area contributed by atoms with Crippen LogP contribution in [0.25, 0.3) is 21.8 Å². The average Bonchev–Trinajstić information content (AvgIpc) is 2.79. The van der Waals surface area contributed by atoms with Gasteiger partial charge in [-0.25, -0.2) is 0 Å². The fraction of sp³-hybridized carbons (Fsp3) is 0.280. The Bertz CT molecular complexity index is 1300. The van der Waals surface area contributed by atoms with E-state index in [0.717, 1.165) is 48.3 Å². The molecule has 33 heavy (non-hydrogen) atoms. The summed E-state index contributed by atoms with van der Waals surface area (Å²) in [6.45, 7) is 0. The minimum atomic E-state index is -4.38. The number of rotatable bonds is 4. The quantitative estimate of drug-likeness (QED) is 0.329. The van der Waals surface area contributed by atoms with E-state index in [0.29, 0.717) is 27.7 Å². The molecule has 0 bridgehead atoms. The molecule has 1 aliphatic rings. The molecule has 2 N–H and O–H groups in total. The van der Waals surface area contributed by atoms with Gasteiger partial charge in [-0.3, -0.25) is 9.97 Å². The van der Waals surface area contributed by atoms with E-state index in [1.807, 2.05) is 24.3 Å². The van der Waals surface area contributed by atoms with Crippen LogP contribution < -0.4 is 10.6 Å². The van der Waals surface area contributed by atoms with Crippen LogP contribution in [-0.4, -0.2) is 22.1 Å². The summed E-state index contributed by atoms with van der Waals surface area (Å²) in [5.41, 5.74) is 2.47. The molecular formula is C25H22ClF3N4. The Morgan fingerprint density at radius 1 is 0.727 bits per heavy atom. The lowest BCUT2D eigenvalue weighted by molar-refractivity contribution is -0.137. The number of alkyl halides is 3. The molecule has 1 saturated carbocycles. The Morgan fingerprint density at radius 2 is 1.33 bits per heavy atom. The van der Waals surface area contributed by atoms with Gasteiger partial charge in [-0.1, -0.05) is 11.6 Å². The summed E-state index contributed by atoms with van der Waals surface area (Å²) < 4.78 is 39.6. The molecule has 2 aromatic carbocycles. The van der Waals surface area contributed by atoms with Crippen molar-refractivity contribution in [3.05, 3.63) is 71.5 Å². The maximum Gasteiger partial charge on any atom is 0.416 e. The summed E-state index contributed by atoms with van der Waals surface area (Å²) in [4.78, 5) is 8.61. The van der Waals surface area contributed by atoms with Gasteiger partial charge in [0, 0.05) is 51.6 Å². The van der Waals surface area contributed by atoms with Crippen LogP contribution in [0.15, 0.2) is 60.9 Å². The molecule has 0 unspecified atom stereocenters. The zero-order valence-corrected chi connectivity index (χ0v) is 18.4. The Hall–Kier alpha value is -3.06. The van der Waals surface area contributed by atoms with E-state index in [4.69, 9.17) is 11.6 Å². The summed E-state index contributed by atoms with van der Waals surface area (Å²) in [5, 5.41) is 9.28. The van der Waals surface area contributed by atoms with Crippen LogP contribution in [0.5, 0.6) is 0 Å². The molecule has 170 valence electrons. The van der Waals surface area contributed by atoms with E-state index in [1.165, 1.54) is 12.1 Å². The number of aromatic nitrogens is 2. The predicted octanol–water partition coefficient (Wildman–Crippen LogP) is 7.29. The van der Waals surface area contributed by atoms with E-state index in [-0.39, 0.29) is 6.04 Å². The van der Waals surface area contributed by atoms with Gasteiger partial charge in [0.05, 0.1) is 16.6 Å². The highest BCUT2D eigenvalue weighted by Crippen LogP contribution is 2.34. The van der Waals surface area contributed by atoms with Gasteiger partial charge in [-0.15, -0.1) is 0 Å². The highest BCUT2D eigenvalue weighted by atomic mass is 35.5. The number of nitrogens with one attached hydrogen (secondary N) is 2. The minimum absolute atomic E-state index is 0.191.